The Kier molecular flexibility index (Phi) is 29.6. The summed E-state index contributed by atoms with van der Waals surface area (Å²) in [6.07, 6.45) is 21.5. The van der Waals surface area contributed by atoms with E-state index < -0.39 is 36.7 Å². The van der Waals surface area contributed by atoms with Crippen molar-refractivity contribution in [1.82, 2.24) is 5.32 Å². The Hall–Kier alpha value is -4.38. The molecular weight excluding hydrogens is 887 g/mol. The van der Waals surface area contributed by atoms with Crippen LogP contribution in [-0.4, -0.2) is 55.2 Å². The second-order valence-corrected chi connectivity index (χ2v) is 19.7. The monoisotopic (exact) mass is 976 g/mol. The number of hydrogen-bond acceptors (Lipinski definition) is 8. The van der Waals surface area contributed by atoms with Gasteiger partial charge in [0.2, 0.25) is 5.91 Å². The molecule has 1 heterocycles. The Bertz CT molecular complexity index is 1920. The number of ether oxygens (including phenoxy) is 6. The third-order valence-corrected chi connectivity index (χ3v) is 13.5. The average Bonchev–Trinajstić information content (AvgIpc) is 3.39. The van der Waals surface area contributed by atoms with Gasteiger partial charge >= 0.3 is 5.97 Å². The number of unbranched alkanes of at least 4 members (excludes halogenated alkanes) is 18. The van der Waals surface area contributed by atoms with Gasteiger partial charge in [-0.2, -0.15) is 0 Å². The molecule has 1 aliphatic heterocycles. The highest BCUT2D eigenvalue weighted by molar-refractivity contribution is 5.77. The van der Waals surface area contributed by atoms with Crippen LogP contribution in [0.1, 0.15) is 184 Å². The van der Waals surface area contributed by atoms with Gasteiger partial charge in [-0.05, 0) is 41.5 Å². The number of amides is 1. The summed E-state index contributed by atoms with van der Waals surface area (Å²) in [6, 6.07) is 39.2. The summed E-state index contributed by atoms with van der Waals surface area (Å²) in [5, 5.41) is 3.33. The first-order chi connectivity index (χ1) is 35.0. The maximum atomic E-state index is 14.6. The Morgan fingerprint density at radius 1 is 0.493 bits per heavy atom. The maximum Gasteiger partial charge on any atom is 0.306 e. The van der Waals surface area contributed by atoms with Gasteiger partial charge in [-0.1, -0.05) is 251 Å². The minimum absolute atomic E-state index is 0.0213. The van der Waals surface area contributed by atoms with Gasteiger partial charge in [0.25, 0.3) is 0 Å². The van der Waals surface area contributed by atoms with Crippen molar-refractivity contribution in [2.75, 3.05) is 6.61 Å². The van der Waals surface area contributed by atoms with E-state index in [-0.39, 0.29) is 38.1 Å². The van der Waals surface area contributed by atoms with E-state index in [4.69, 9.17) is 28.4 Å². The number of carbonyl (C=O) groups excluding carboxylic acids is 2. The smallest absolute Gasteiger partial charge is 0.306 e. The molecule has 1 saturated heterocycles. The van der Waals surface area contributed by atoms with Gasteiger partial charge in [0.1, 0.15) is 30.5 Å². The fraction of sp³-hybridized carbons (Fsp3) is 0.581. The molecule has 0 spiro atoms. The van der Waals surface area contributed by atoms with Crippen LogP contribution in [0.15, 0.2) is 121 Å². The number of rotatable bonds is 39. The number of benzene rings is 4. The van der Waals surface area contributed by atoms with Crippen molar-refractivity contribution < 1.29 is 38.0 Å². The van der Waals surface area contributed by atoms with Crippen LogP contribution in [0.4, 0.5) is 0 Å². The standard InChI is InChI=1S/C62H89NO8/c1-3-5-7-9-11-13-14-16-18-20-34-44-58(65)70-55(43-33-19-17-15-12-10-8-6-4-2)45-57(64)63-59-61(68-48-53-39-29-23-30-40-53)60(67-47-52-37-27-22-28-38-52)56(50-66-46-51-35-25-21-26-36-51)71-62(59)69-49-54-41-31-24-32-42-54/h21-32,35-42,55-56,59-62H,3-20,33-34,43-50H2,1-2H3,(H,63,64)/t55-,56-,59+,60-,61-,62+/m1/s1. The van der Waals surface area contributed by atoms with Gasteiger partial charge in [0.05, 0.1) is 39.5 Å². The predicted molar refractivity (Wildman–Crippen MR) is 285 cm³/mol. The Labute approximate surface area is 428 Å². The van der Waals surface area contributed by atoms with Crippen molar-refractivity contribution in [3.8, 4) is 0 Å². The molecule has 4 aromatic rings. The molecule has 1 aliphatic rings. The van der Waals surface area contributed by atoms with E-state index in [2.05, 4.69) is 19.2 Å². The van der Waals surface area contributed by atoms with Crippen LogP contribution in [0.3, 0.4) is 0 Å². The quantitative estimate of drug-likeness (QED) is 0.0349. The highest BCUT2D eigenvalue weighted by Crippen LogP contribution is 2.31. The molecule has 0 aliphatic carbocycles. The summed E-state index contributed by atoms with van der Waals surface area (Å²) in [5.74, 6) is -0.485. The summed E-state index contributed by atoms with van der Waals surface area (Å²) in [6.45, 7) is 5.89. The third kappa shape index (κ3) is 24.3. The zero-order chi connectivity index (χ0) is 49.8. The zero-order valence-electron chi connectivity index (χ0n) is 43.6. The minimum atomic E-state index is -0.929. The molecule has 71 heavy (non-hydrogen) atoms. The average molecular weight is 976 g/mol. The maximum absolute atomic E-state index is 14.6. The highest BCUT2D eigenvalue weighted by Gasteiger charge is 2.49. The van der Waals surface area contributed by atoms with Crippen molar-refractivity contribution in [2.45, 2.75) is 225 Å². The summed E-state index contributed by atoms with van der Waals surface area (Å²) in [5.41, 5.74) is 3.99. The number of carbonyl (C=O) groups is 2. The number of nitrogens with one attached hydrogen (secondary N) is 1. The molecule has 9 heteroatoms. The lowest BCUT2D eigenvalue weighted by atomic mass is 9.95. The molecule has 0 unspecified atom stereocenters. The predicted octanol–water partition coefficient (Wildman–Crippen LogP) is 14.7. The van der Waals surface area contributed by atoms with E-state index in [0.29, 0.717) is 26.1 Å². The molecule has 0 saturated carbocycles. The molecule has 0 bridgehead atoms. The van der Waals surface area contributed by atoms with E-state index in [1.165, 1.54) is 89.9 Å². The largest absolute Gasteiger partial charge is 0.462 e. The molecule has 5 rings (SSSR count). The molecule has 1 fully saturated rings. The molecule has 4 aromatic carbocycles. The van der Waals surface area contributed by atoms with Crippen molar-refractivity contribution >= 4 is 11.9 Å². The Morgan fingerprint density at radius 2 is 0.901 bits per heavy atom. The lowest BCUT2D eigenvalue weighted by Crippen LogP contribution is -2.66. The summed E-state index contributed by atoms with van der Waals surface area (Å²) in [4.78, 5) is 28.1. The van der Waals surface area contributed by atoms with Crippen LogP contribution in [0.25, 0.3) is 0 Å². The van der Waals surface area contributed by atoms with Gasteiger partial charge in [-0.15, -0.1) is 0 Å². The van der Waals surface area contributed by atoms with Crippen LogP contribution in [0, 0.1) is 0 Å². The highest BCUT2D eigenvalue weighted by atomic mass is 16.7. The van der Waals surface area contributed by atoms with Crippen molar-refractivity contribution in [2.24, 2.45) is 0 Å². The summed E-state index contributed by atoms with van der Waals surface area (Å²) >= 11 is 0. The van der Waals surface area contributed by atoms with Gasteiger partial charge < -0.3 is 33.7 Å². The first-order valence-electron chi connectivity index (χ1n) is 27.7. The fourth-order valence-electron chi connectivity index (χ4n) is 9.40. The van der Waals surface area contributed by atoms with E-state index in [9.17, 15) is 9.59 Å². The van der Waals surface area contributed by atoms with Crippen LogP contribution < -0.4 is 5.32 Å². The second-order valence-electron chi connectivity index (χ2n) is 19.7. The fourth-order valence-corrected chi connectivity index (χ4v) is 9.40. The molecule has 9 nitrogen and oxygen atoms in total. The van der Waals surface area contributed by atoms with Crippen molar-refractivity contribution in [1.29, 1.82) is 0 Å². The van der Waals surface area contributed by atoms with Crippen molar-refractivity contribution in [3.63, 3.8) is 0 Å². The van der Waals surface area contributed by atoms with Crippen LogP contribution in [-0.2, 0) is 64.4 Å². The van der Waals surface area contributed by atoms with E-state index >= 15 is 0 Å². The van der Waals surface area contributed by atoms with Crippen LogP contribution in [0.5, 0.6) is 0 Å². The lowest BCUT2D eigenvalue weighted by Gasteiger charge is -2.46. The van der Waals surface area contributed by atoms with Gasteiger partial charge in [0, 0.05) is 6.42 Å². The van der Waals surface area contributed by atoms with Gasteiger partial charge in [-0.25, -0.2) is 0 Å². The van der Waals surface area contributed by atoms with Crippen molar-refractivity contribution in [3.05, 3.63) is 144 Å². The first kappa shape index (κ1) is 57.5. The molecular formula is C62H89NO8. The van der Waals surface area contributed by atoms with E-state index in [0.717, 1.165) is 60.8 Å². The molecule has 0 aromatic heterocycles. The van der Waals surface area contributed by atoms with E-state index in [1.807, 2.05) is 121 Å². The molecule has 390 valence electrons. The van der Waals surface area contributed by atoms with Gasteiger partial charge in [0.15, 0.2) is 6.29 Å². The van der Waals surface area contributed by atoms with E-state index in [1.54, 1.807) is 0 Å². The van der Waals surface area contributed by atoms with Gasteiger partial charge in [-0.3, -0.25) is 9.59 Å². The summed E-state index contributed by atoms with van der Waals surface area (Å²) in [7, 11) is 0. The third-order valence-electron chi connectivity index (χ3n) is 13.5. The van der Waals surface area contributed by atoms with Crippen LogP contribution >= 0.6 is 0 Å². The Balaban J connectivity index is 1.32. The summed E-state index contributed by atoms with van der Waals surface area (Å²) < 4.78 is 39.9. The second kappa shape index (κ2) is 36.5. The number of esters is 1. The normalized spacial score (nSPS) is 18.3. The lowest BCUT2D eigenvalue weighted by molar-refractivity contribution is -0.293. The number of hydrogen-bond donors (Lipinski definition) is 1. The molecule has 1 N–H and O–H groups in total. The topological polar surface area (TPSA) is 102 Å². The SMILES string of the molecule is CCCCCCCCCCCCCC(=O)O[C@H](CCCCCCCCCCC)CC(=O)N[C@@H]1[C@@H](OCc2ccccc2)O[C@H](COCc2ccccc2)[C@@H](OCc2ccccc2)[C@@H]1OCc1ccccc1. The first-order valence-corrected chi connectivity index (χ1v) is 27.7. The molecule has 6 atom stereocenters. The Morgan fingerprint density at radius 3 is 1.38 bits per heavy atom. The van der Waals surface area contributed by atoms with Crippen LogP contribution in [0.2, 0.25) is 0 Å². The molecule has 1 amide bonds. The minimum Gasteiger partial charge on any atom is -0.462 e. The zero-order valence-corrected chi connectivity index (χ0v) is 43.6. The molecule has 0 radical (unpaired) electrons.